The van der Waals surface area contributed by atoms with Crippen LogP contribution in [0.3, 0.4) is 0 Å². The van der Waals surface area contributed by atoms with Crippen molar-refractivity contribution < 1.29 is 14.7 Å². The van der Waals surface area contributed by atoms with Gasteiger partial charge in [-0.05, 0) is 17.8 Å². The molecule has 1 heterocycles. The molecule has 112 valence electrons. The zero-order chi connectivity index (χ0) is 15.3. The lowest BCUT2D eigenvalue weighted by Gasteiger charge is -2.25. The number of amides is 1. The summed E-state index contributed by atoms with van der Waals surface area (Å²) < 4.78 is 1.22. The average Bonchev–Trinajstić information content (AvgIpc) is 2.76. The van der Waals surface area contributed by atoms with Crippen LogP contribution in [0.25, 0.3) is 0 Å². The van der Waals surface area contributed by atoms with Crippen molar-refractivity contribution in [3.8, 4) is 0 Å². The van der Waals surface area contributed by atoms with Crippen LogP contribution in [-0.2, 0) is 11.3 Å². The molecule has 0 atom stereocenters. The Labute approximate surface area is 118 Å². The van der Waals surface area contributed by atoms with E-state index in [2.05, 4.69) is 43.3 Å². The number of carboxylic acid groups (broad SMARTS) is 1. The van der Waals surface area contributed by atoms with Gasteiger partial charge in [-0.15, -0.1) is 5.10 Å². The predicted octanol–water partition coefficient (Wildman–Crippen LogP) is 1.02. The summed E-state index contributed by atoms with van der Waals surface area (Å²) in [5.41, 5.74) is -0.167. The number of hydrogen-bond acceptors (Lipinski definition) is 4. The van der Waals surface area contributed by atoms with Crippen molar-refractivity contribution in [2.75, 3.05) is 6.54 Å². The van der Waals surface area contributed by atoms with Crippen LogP contribution in [0.4, 0.5) is 0 Å². The SMILES string of the molecule is CC(C)C(CNC(=O)Cn1cc(C(=O)O)nn1)C(C)C. The number of aromatic carboxylic acids is 1. The van der Waals surface area contributed by atoms with Gasteiger partial charge < -0.3 is 10.4 Å². The molecule has 0 unspecified atom stereocenters. The molecule has 1 aromatic rings. The third-order valence-electron chi connectivity index (χ3n) is 3.31. The first kappa shape index (κ1) is 16.1. The number of hydrogen-bond donors (Lipinski definition) is 2. The smallest absolute Gasteiger partial charge is 0.358 e. The molecule has 7 nitrogen and oxygen atoms in total. The Morgan fingerprint density at radius 3 is 2.35 bits per heavy atom. The minimum atomic E-state index is -1.16. The molecule has 0 saturated carbocycles. The van der Waals surface area contributed by atoms with Gasteiger partial charge in [0.1, 0.15) is 6.54 Å². The molecule has 1 rings (SSSR count). The first-order valence-electron chi connectivity index (χ1n) is 6.71. The molecule has 0 saturated heterocycles. The summed E-state index contributed by atoms with van der Waals surface area (Å²) in [6.45, 7) is 9.11. The molecule has 0 radical (unpaired) electrons. The highest BCUT2D eigenvalue weighted by molar-refractivity contribution is 5.84. The number of nitrogens with one attached hydrogen (secondary N) is 1. The molecule has 0 aromatic carbocycles. The first-order chi connectivity index (χ1) is 9.31. The van der Waals surface area contributed by atoms with Crippen LogP contribution < -0.4 is 5.32 Å². The maximum atomic E-state index is 11.8. The number of carboxylic acids is 1. The van der Waals surface area contributed by atoms with Gasteiger partial charge in [0.15, 0.2) is 5.69 Å². The minimum absolute atomic E-state index is 0.0246. The summed E-state index contributed by atoms with van der Waals surface area (Å²) in [5, 5.41) is 18.6. The Balaban J connectivity index is 2.48. The first-order valence-corrected chi connectivity index (χ1v) is 6.71. The Kier molecular flexibility index (Phi) is 5.66. The normalized spacial score (nSPS) is 11.3. The summed E-state index contributed by atoms with van der Waals surface area (Å²) in [6.07, 6.45) is 1.24. The van der Waals surface area contributed by atoms with E-state index >= 15 is 0 Å². The van der Waals surface area contributed by atoms with Gasteiger partial charge in [-0.2, -0.15) is 0 Å². The van der Waals surface area contributed by atoms with E-state index in [-0.39, 0.29) is 18.1 Å². The van der Waals surface area contributed by atoms with Gasteiger partial charge >= 0.3 is 5.97 Å². The van der Waals surface area contributed by atoms with Crippen LogP contribution in [0.1, 0.15) is 38.2 Å². The molecule has 7 heteroatoms. The third kappa shape index (κ3) is 4.64. The van der Waals surface area contributed by atoms with E-state index in [4.69, 9.17) is 5.11 Å². The maximum absolute atomic E-state index is 11.8. The number of rotatable bonds is 7. The molecule has 2 N–H and O–H groups in total. The number of carbonyl (C=O) groups excluding carboxylic acids is 1. The van der Waals surface area contributed by atoms with Crippen molar-refractivity contribution in [3.63, 3.8) is 0 Å². The van der Waals surface area contributed by atoms with Crippen LogP contribution >= 0.6 is 0 Å². The monoisotopic (exact) mass is 282 g/mol. The quantitative estimate of drug-likeness (QED) is 0.778. The van der Waals surface area contributed by atoms with Crippen LogP contribution in [-0.4, -0.2) is 38.5 Å². The largest absolute Gasteiger partial charge is 0.476 e. The summed E-state index contributed by atoms with van der Waals surface area (Å²) in [6, 6.07) is 0. The number of aromatic nitrogens is 3. The molecule has 0 aliphatic carbocycles. The van der Waals surface area contributed by atoms with E-state index in [0.717, 1.165) is 0 Å². The molecule has 0 aliphatic rings. The Morgan fingerprint density at radius 1 is 1.30 bits per heavy atom. The van der Waals surface area contributed by atoms with Crippen molar-refractivity contribution in [1.82, 2.24) is 20.3 Å². The van der Waals surface area contributed by atoms with Crippen LogP contribution in [0.15, 0.2) is 6.20 Å². The van der Waals surface area contributed by atoms with Crippen molar-refractivity contribution in [2.45, 2.75) is 34.2 Å². The molecular formula is C13H22N4O3. The van der Waals surface area contributed by atoms with Crippen molar-refractivity contribution in [3.05, 3.63) is 11.9 Å². The summed E-state index contributed by atoms with van der Waals surface area (Å²) >= 11 is 0. The maximum Gasteiger partial charge on any atom is 0.358 e. The van der Waals surface area contributed by atoms with Crippen molar-refractivity contribution in [2.24, 2.45) is 17.8 Å². The van der Waals surface area contributed by atoms with Crippen LogP contribution in [0.5, 0.6) is 0 Å². The number of carbonyl (C=O) groups is 2. The Bertz CT molecular complexity index is 460. The second-order valence-corrected chi connectivity index (χ2v) is 5.56. The van der Waals surface area contributed by atoms with Crippen molar-refractivity contribution >= 4 is 11.9 Å². The van der Waals surface area contributed by atoms with Gasteiger partial charge in [0.25, 0.3) is 0 Å². The standard InChI is InChI=1S/C13H22N4O3/c1-8(2)10(9(3)4)5-14-12(18)7-17-6-11(13(19)20)15-16-17/h6,8-10H,5,7H2,1-4H3,(H,14,18)(H,19,20). The van der Waals surface area contributed by atoms with Gasteiger partial charge in [-0.25, -0.2) is 9.48 Å². The average molecular weight is 282 g/mol. The fourth-order valence-electron chi connectivity index (χ4n) is 2.15. The Morgan fingerprint density at radius 2 is 1.90 bits per heavy atom. The lowest BCUT2D eigenvalue weighted by atomic mass is 9.85. The molecule has 1 amide bonds. The van der Waals surface area contributed by atoms with E-state index in [1.165, 1.54) is 10.9 Å². The van der Waals surface area contributed by atoms with Gasteiger partial charge in [0.05, 0.1) is 6.20 Å². The molecular weight excluding hydrogens is 260 g/mol. The molecule has 1 aromatic heterocycles. The Hall–Kier alpha value is -1.92. The summed E-state index contributed by atoms with van der Waals surface area (Å²) in [4.78, 5) is 22.4. The lowest BCUT2D eigenvalue weighted by molar-refractivity contribution is -0.122. The predicted molar refractivity (Wildman–Crippen MR) is 73.2 cm³/mol. The van der Waals surface area contributed by atoms with Crippen LogP contribution in [0.2, 0.25) is 0 Å². The zero-order valence-electron chi connectivity index (χ0n) is 12.3. The molecule has 0 fully saturated rings. The van der Waals surface area contributed by atoms with Crippen molar-refractivity contribution in [1.29, 1.82) is 0 Å². The van der Waals surface area contributed by atoms with E-state index in [1.54, 1.807) is 0 Å². The molecule has 20 heavy (non-hydrogen) atoms. The summed E-state index contributed by atoms with van der Waals surface area (Å²) in [7, 11) is 0. The van der Waals surface area contributed by atoms with Gasteiger partial charge in [-0.1, -0.05) is 32.9 Å². The highest BCUT2D eigenvalue weighted by Crippen LogP contribution is 2.19. The highest BCUT2D eigenvalue weighted by atomic mass is 16.4. The second kappa shape index (κ2) is 7.02. The topological polar surface area (TPSA) is 97.1 Å². The minimum Gasteiger partial charge on any atom is -0.476 e. The van der Waals surface area contributed by atoms with Gasteiger partial charge in [-0.3, -0.25) is 4.79 Å². The third-order valence-corrected chi connectivity index (χ3v) is 3.31. The number of nitrogens with zero attached hydrogens (tertiary/aromatic N) is 3. The van der Waals surface area contributed by atoms with Gasteiger partial charge in [0.2, 0.25) is 5.91 Å². The fourth-order valence-corrected chi connectivity index (χ4v) is 2.15. The second-order valence-electron chi connectivity index (χ2n) is 5.56. The van der Waals surface area contributed by atoms with E-state index in [0.29, 0.717) is 24.3 Å². The van der Waals surface area contributed by atoms with Gasteiger partial charge in [0, 0.05) is 6.54 Å². The van der Waals surface area contributed by atoms with Crippen LogP contribution in [0, 0.1) is 17.8 Å². The molecule has 0 bridgehead atoms. The van der Waals surface area contributed by atoms with E-state index in [1.807, 2.05) is 0 Å². The zero-order valence-corrected chi connectivity index (χ0v) is 12.3. The molecule has 0 aliphatic heterocycles. The highest BCUT2D eigenvalue weighted by Gasteiger charge is 2.18. The van der Waals surface area contributed by atoms with E-state index in [9.17, 15) is 9.59 Å². The molecule has 0 spiro atoms. The fraction of sp³-hybridized carbons (Fsp3) is 0.692. The van der Waals surface area contributed by atoms with E-state index < -0.39 is 5.97 Å². The summed E-state index contributed by atoms with van der Waals surface area (Å²) in [5.74, 6) is 0.0271. The lowest BCUT2D eigenvalue weighted by Crippen LogP contribution is -2.35.